The van der Waals surface area contributed by atoms with E-state index in [0.29, 0.717) is 11.3 Å². The summed E-state index contributed by atoms with van der Waals surface area (Å²) in [6, 6.07) is 5.75. The zero-order valence-corrected chi connectivity index (χ0v) is 11.2. The Kier molecular flexibility index (Phi) is 6.16. The van der Waals surface area contributed by atoms with E-state index in [4.69, 9.17) is 4.74 Å². The van der Waals surface area contributed by atoms with Crippen molar-refractivity contribution < 1.29 is 32.2 Å². The topological polar surface area (TPSA) is 64.6 Å². The van der Waals surface area contributed by atoms with Gasteiger partial charge in [-0.1, -0.05) is 0 Å². The van der Waals surface area contributed by atoms with Crippen LogP contribution in [0.2, 0.25) is 0 Å². The number of halogens is 3. The normalized spacial score (nSPS) is 11.0. The maximum absolute atomic E-state index is 11.8. The van der Waals surface area contributed by atoms with Gasteiger partial charge in [-0.2, -0.15) is 13.2 Å². The number of hydrogen-bond donors (Lipinski definition) is 1. The summed E-state index contributed by atoms with van der Waals surface area (Å²) in [5, 5.41) is 2.34. The number of nitrogens with one attached hydrogen (secondary N) is 1. The first kappa shape index (κ1) is 17.0. The summed E-state index contributed by atoms with van der Waals surface area (Å²) >= 11 is 0. The van der Waals surface area contributed by atoms with E-state index in [-0.39, 0.29) is 6.61 Å². The first-order chi connectivity index (χ1) is 9.81. The molecule has 0 bridgehead atoms. The van der Waals surface area contributed by atoms with Crippen LogP contribution < -0.4 is 5.32 Å². The van der Waals surface area contributed by atoms with Crippen LogP contribution in [0.15, 0.2) is 24.3 Å². The van der Waals surface area contributed by atoms with Gasteiger partial charge in [-0.05, 0) is 31.2 Å². The molecule has 116 valence electrons. The molecule has 0 saturated carbocycles. The molecule has 0 aromatic heterocycles. The van der Waals surface area contributed by atoms with Gasteiger partial charge in [0.15, 0.2) is 0 Å². The number of rotatable bonds is 6. The Morgan fingerprint density at radius 2 is 1.81 bits per heavy atom. The molecule has 0 aliphatic heterocycles. The summed E-state index contributed by atoms with van der Waals surface area (Å²) in [6.45, 7) is -0.275. The van der Waals surface area contributed by atoms with Crippen molar-refractivity contribution in [3.8, 4) is 0 Å². The monoisotopic (exact) mass is 305 g/mol. The molecule has 0 spiro atoms. The van der Waals surface area contributed by atoms with E-state index in [2.05, 4.69) is 10.1 Å². The molecule has 1 aromatic carbocycles. The van der Waals surface area contributed by atoms with Gasteiger partial charge in [0.25, 0.3) is 0 Å². The summed E-state index contributed by atoms with van der Waals surface area (Å²) < 4.78 is 44.4. The maximum Gasteiger partial charge on any atom is 0.411 e. The second-order valence-electron chi connectivity index (χ2n) is 3.95. The highest BCUT2D eigenvalue weighted by molar-refractivity contribution is 5.93. The lowest BCUT2D eigenvalue weighted by Gasteiger charge is -2.08. The van der Waals surface area contributed by atoms with Crippen LogP contribution in [-0.4, -0.2) is 37.9 Å². The largest absolute Gasteiger partial charge is 0.462 e. The van der Waals surface area contributed by atoms with E-state index in [1.54, 1.807) is 6.92 Å². The van der Waals surface area contributed by atoms with Crippen LogP contribution in [0.5, 0.6) is 0 Å². The number of benzene rings is 1. The molecule has 21 heavy (non-hydrogen) atoms. The molecule has 1 aromatic rings. The molecular weight excluding hydrogens is 291 g/mol. The summed E-state index contributed by atoms with van der Waals surface area (Å²) in [5.74, 6) is -1.22. The number of alkyl halides is 3. The molecule has 8 heteroatoms. The van der Waals surface area contributed by atoms with Crippen molar-refractivity contribution >= 4 is 17.6 Å². The summed E-state index contributed by atoms with van der Waals surface area (Å²) in [6.07, 6.45) is -4.47. The molecular formula is C13H14F3NO4. The Hall–Kier alpha value is -2.09. The highest BCUT2D eigenvalue weighted by atomic mass is 19.4. The summed E-state index contributed by atoms with van der Waals surface area (Å²) in [5.41, 5.74) is 0.645. The van der Waals surface area contributed by atoms with Gasteiger partial charge in [0.1, 0.15) is 13.2 Å². The van der Waals surface area contributed by atoms with E-state index < -0.39 is 31.3 Å². The fraction of sp³-hybridized carbons (Fsp3) is 0.385. The average molecular weight is 305 g/mol. The Morgan fingerprint density at radius 1 is 1.19 bits per heavy atom. The highest BCUT2D eigenvalue weighted by Gasteiger charge is 2.27. The van der Waals surface area contributed by atoms with Gasteiger partial charge in [0.2, 0.25) is 5.91 Å². The van der Waals surface area contributed by atoms with Gasteiger partial charge in [0, 0.05) is 5.69 Å². The van der Waals surface area contributed by atoms with Crippen molar-refractivity contribution in [3.63, 3.8) is 0 Å². The van der Waals surface area contributed by atoms with Crippen LogP contribution in [-0.2, 0) is 14.3 Å². The summed E-state index contributed by atoms with van der Waals surface area (Å²) in [4.78, 5) is 22.7. The van der Waals surface area contributed by atoms with E-state index in [9.17, 15) is 22.8 Å². The van der Waals surface area contributed by atoms with Gasteiger partial charge in [-0.3, -0.25) is 4.79 Å². The fourth-order valence-electron chi connectivity index (χ4n) is 1.36. The van der Waals surface area contributed by atoms with Gasteiger partial charge in [-0.15, -0.1) is 0 Å². The van der Waals surface area contributed by atoms with Crippen LogP contribution in [0, 0.1) is 0 Å². The quantitative estimate of drug-likeness (QED) is 0.820. The molecule has 0 saturated heterocycles. The van der Waals surface area contributed by atoms with E-state index in [0.717, 1.165) is 0 Å². The van der Waals surface area contributed by atoms with Gasteiger partial charge in [0.05, 0.1) is 12.2 Å². The number of ether oxygens (including phenoxy) is 2. The molecule has 0 atom stereocenters. The number of amides is 1. The summed E-state index contributed by atoms with van der Waals surface area (Å²) in [7, 11) is 0. The predicted octanol–water partition coefficient (Wildman–Crippen LogP) is 2.38. The lowest BCUT2D eigenvalue weighted by Crippen LogP contribution is -2.24. The van der Waals surface area contributed by atoms with Crippen molar-refractivity contribution in [2.75, 3.05) is 25.1 Å². The van der Waals surface area contributed by atoms with Crippen molar-refractivity contribution in [1.82, 2.24) is 0 Å². The van der Waals surface area contributed by atoms with E-state index in [1.807, 2.05) is 0 Å². The Labute approximate surface area is 119 Å². The Morgan fingerprint density at radius 3 is 2.33 bits per heavy atom. The van der Waals surface area contributed by atoms with Crippen LogP contribution in [0.3, 0.4) is 0 Å². The third-order valence-electron chi connectivity index (χ3n) is 2.18. The second kappa shape index (κ2) is 7.63. The van der Waals surface area contributed by atoms with Gasteiger partial charge >= 0.3 is 12.1 Å². The maximum atomic E-state index is 11.8. The molecule has 0 aliphatic carbocycles. The van der Waals surface area contributed by atoms with Gasteiger partial charge < -0.3 is 14.8 Å². The lowest BCUT2D eigenvalue weighted by atomic mass is 10.2. The van der Waals surface area contributed by atoms with Crippen molar-refractivity contribution in [2.45, 2.75) is 13.1 Å². The van der Waals surface area contributed by atoms with E-state index in [1.165, 1.54) is 24.3 Å². The molecule has 1 amide bonds. The predicted molar refractivity (Wildman–Crippen MR) is 67.9 cm³/mol. The van der Waals surface area contributed by atoms with Crippen LogP contribution in [0.25, 0.3) is 0 Å². The second-order valence-corrected chi connectivity index (χ2v) is 3.95. The van der Waals surface area contributed by atoms with Crippen LogP contribution >= 0.6 is 0 Å². The Balaban J connectivity index is 2.44. The van der Waals surface area contributed by atoms with Crippen molar-refractivity contribution in [1.29, 1.82) is 0 Å². The third kappa shape index (κ3) is 6.75. The number of anilines is 1. The molecule has 1 N–H and O–H groups in total. The molecule has 0 unspecified atom stereocenters. The SMILES string of the molecule is CCOC(=O)c1ccc(NC(=O)COCC(F)(F)F)cc1. The molecule has 1 rings (SSSR count). The fourth-order valence-corrected chi connectivity index (χ4v) is 1.36. The van der Waals surface area contributed by atoms with Gasteiger partial charge in [-0.25, -0.2) is 4.79 Å². The van der Waals surface area contributed by atoms with Crippen LogP contribution in [0.4, 0.5) is 18.9 Å². The minimum atomic E-state index is -4.47. The molecule has 0 radical (unpaired) electrons. The number of esters is 1. The molecule has 5 nitrogen and oxygen atoms in total. The lowest BCUT2D eigenvalue weighted by molar-refractivity contribution is -0.174. The Bertz CT molecular complexity index is 485. The highest BCUT2D eigenvalue weighted by Crippen LogP contribution is 2.14. The smallest absolute Gasteiger partial charge is 0.411 e. The van der Waals surface area contributed by atoms with Crippen LogP contribution in [0.1, 0.15) is 17.3 Å². The minimum absolute atomic E-state index is 0.244. The molecule has 0 fully saturated rings. The van der Waals surface area contributed by atoms with Crippen molar-refractivity contribution in [2.24, 2.45) is 0 Å². The zero-order valence-electron chi connectivity index (χ0n) is 11.2. The molecule has 0 heterocycles. The first-order valence-corrected chi connectivity index (χ1v) is 6.03. The van der Waals surface area contributed by atoms with Crippen molar-refractivity contribution in [3.05, 3.63) is 29.8 Å². The number of carbonyl (C=O) groups is 2. The average Bonchev–Trinajstić information content (AvgIpc) is 2.38. The number of carbonyl (C=O) groups excluding carboxylic acids is 2. The van der Waals surface area contributed by atoms with E-state index >= 15 is 0 Å². The minimum Gasteiger partial charge on any atom is -0.462 e. The zero-order chi connectivity index (χ0) is 15.9. The number of hydrogen-bond acceptors (Lipinski definition) is 4. The molecule has 0 aliphatic rings. The first-order valence-electron chi connectivity index (χ1n) is 6.03. The standard InChI is InChI=1S/C13H14F3NO4/c1-2-21-12(19)9-3-5-10(6-4-9)17-11(18)7-20-8-13(14,15)16/h3-6H,2,7-8H2,1H3,(H,17,18). The third-order valence-corrected chi connectivity index (χ3v) is 2.18.